The third-order valence-corrected chi connectivity index (χ3v) is 8.34. The number of fused-ring (bicyclic) bond motifs is 1. The van der Waals surface area contributed by atoms with Gasteiger partial charge in [0.2, 0.25) is 0 Å². The van der Waals surface area contributed by atoms with Crippen LogP contribution in [-0.2, 0) is 10.0 Å². The van der Waals surface area contributed by atoms with Crippen molar-refractivity contribution in [3.05, 3.63) is 65.9 Å². The Labute approximate surface area is 179 Å². The number of para-hydroxylation sites is 1. The van der Waals surface area contributed by atoms with Crippen molar-refractivity contribution in [1.82, 2.24) is 8.87 Å². The summed E-state index contributed by atoms with van der Waals surface area (Å²) in [6, 6.07) is 14.8. The molecule has 0 amide bonds. The molecule has 160 valence electrons. The summed E-state index contributed by atoms with van der Waals surface area (Å²) in [4.78, 5) is 2.60. The molecule has 30 heavy (non-hydrogen) atoms. The van der Waals surface area contributed by atoms with E-state index in [4.69, 9.17) is 0 Å². The molecule has 2 aromatic carbocycles. The third-order valence-electron chi connectivity index (χ3n) is 6.65. The van der Waals surface area contributed by atoms with Gasteiger partial charge in [-0.1, -0.05) is 49.2 Å². The van der Waals surface area contributed by atoms with Crippen LogP contribution in [0.1, 0.15) is 36.9 Å². The Balaban J connectivity index is 1.90. The van der Waals surface area contributed by atoms with E-state index < -0.39 is 10.0 Å². The lowest BCUT2D eigenvalue weighted by atomic mass is 9.76. The van der Waals surface area contributed by atoms with Gasteiger partial charge in [-0.2, -0.15) is 0 Å². The lowest BCUT2D eigenvalue weighted by molar-refractivity contribution is 0.0346. The molecule has 0 unspecified atom stereocenters. The van der Waals surface area contributed by atoms with Crippen LogP contribution in [0.4, 0.5) is 0 Å². The number of hydrogen-bond acceptors (Lipinski definition) is 4. The van der Waals surface area contributed by atoms with Crippen molar-refractivity contribution in [3.63, 3.8) is 0 Å². The van der Waals surface area contributed by atoms with Gasteiger partial charge in [-0.3, -0.25) is 4.90 Å². The van der Waals surface area contributed by atoms with E-state index in [0.29, 0.717) is 5.52 Å². The van der Waals surface area contributed by atoms with Crippen LogP contribution in [-0.4, -0.2) is 42.6 Å². The predicted molar refractivity (Wildman–Crippen MR) is 120 cm³/mol. The second-order valence-electron chi connectivity index (χ2n) is 8.44. The summed E-state index contributed by atoms with van der Waals surface area (Å²) < 4.78 is 28.5. The van der Waals surface area contributed by atoms with Crippen LogP contribution in [0, 0.1) is 18.8 Å². The molecule has 0 saturated carbocycles. The fourth-order valence-electron chi connectivity index (χ4n) is 4.99. The van der Waals surface area contributed by atoms with E-state index >= 15 is 0 Å². The second kappa shape index (κ2) is 8.17. The van der Waals surface area contributed by atoms with E-state index in [1.54, 1.807) is 12.1 Å². The maximum Gasteiger partial charge on any atom is 0.268 e. The number of aliphatic hydroxyl groups excluding tert-OH is 1. The Morgan fingerprint density at radius 1 is 1.10 bits per heavy atom. The number of aliphatic hydroxyl groups is 1. The highest BCUT2D eigenvalue weighted by Gasteiger charge is 2.38. The normalized spacial score (nSPS) is 23.1. The Morgan fingerprint density at radius 2 is 1.80 bits per heavy atom. The summed E-state index contributed by atoms with van der Waals surface area (Å²) in [6.45, 7) is 5.16. The Bertz CT molecular complexity index is 1130. The van der Waals surface area contributed by atoms with Crippen molar-refractivity contribution in [2.45, 2.75) is 37.6 Å². The topological polar surface area (TPSA) is 62.5 Å². The highest BCUT2D eigenvalue weighted by Crippen LogP contribution is 2.43. The average Bonchev–Trinajstić information content (AvgIpc) is 3.14. The first kappa shape index (κ1) is 21.1. The molecule has 2 heterocycles. The molecular formula is C24H30N2O3S. The van der Waals surface area contributed by atoms with Crippen molar-refractivity contribution >= 4 is 20.9 Å². The minimum Gasteiger partial charge on any atom is -0.396 e. The largest absolute Gasteiger partial charge is 0.396 e. The molecule has 1 N–H and O–H groups in total. The number of nitrogens with zero attached hydrogens (tertiary/aromatic N) is 2. The van der Waals surface area contributed by atoms with Crippen LogP contribution >= 0.6 is 0 Å². The molecule has 6 heteroatoms. The predicted octanol–water partition coefficient (Wildman–Crippen LogP) is 4.20. The van der Waals surface area contributed by atoms with Crippen LogP contribution in [0.25, 0.3) is 10.9 Å². The van der Waals surface area contributed by atoms with Crippen LogP contribution in [0.15, 0.2) is 59.6 Å². The molecule has 0 radical (unpaired) electrons. The zero-order valence-corrected chi connectivity index (χ0v) is 18.6. The molecule has 1 fully saturated rings. The molecule has 5 nitrogen and oxygen atoms in total. The Kier molecular flexibility index (Phi) is 5.75. The smallest absolute Gasteiger partial charge is 0.268 e. The second-order valence-corrected chi connectivity index (χ2v) is 10.3. The fraction of sp³-hybridized carbons (Fsp3) is 0.417. The minimum atomic E-state index is -3.71. The number of aryl methyl sites for hydroxylation is 1. The summed E-state index contributed by atoms with van der Waals surface area (Å²) in [5.74, 6) is 0.502. The molecule has 1 aliphatic rings. The lowest BCUT2D eigenvalue weighted by Gasteiger charge is -2.43. The number of benzene rings is 2. The fourth-order valence-corrected chi connectivity index (χ4v) is 6.37. The van der Waals surface area contributed by atoms with Gasteiger partial charge in [-0.05, 0) is 62.5 Å². The highest BCUT2D eigenvalue weighted by atomic mass is 32.2. The number of likely N-dealkylation sites (tertiary alicyclic amines) is 1. The zero-order chi connectivity index (χ0) is 21.5. The molecule has 1 aliphatic heterocycles. The first-order chi connectivity index (χ1) is 14.4. The van der Waals surface area contributed by atoms with Gasteiger partial charge >= 0.3 is 0 Å². The van der Waals surface area contributed by atoms with Crippen molar-refractivity contribution in [2.75, 3.05) is 20.2 Å². The molecule has 0 aliphatic carbocycles. The summed E-state index contributed by atoms with van der Waals surface area (Å²) in [7, 11) is -1.61. The maximum absolute atomic E-state index is 13.5. The van der Waals surface area contributed by atoms with Gasteiger partial charge < -0.3 is 5.11 Å². The minimum absolute atomic E-state index is 0.0697. The first-order valence-corrected chi connectivity index (χ1v) is 12.1. The van der Waals surface area contributed by atoms with Crippen LogP contribution < -0.4 is 0 Å². The zero-order valence-electron chi connectivity index (χ0n) is 17.8. The average molecular weight is 427 g/mol. The molecule has 0 bridgehead atoms. The van der Waals surface area contributed by atoms with Crippen molar-refractivity contribution < 1.29 is 13.5 Å². The van der Waals surface area contributed by atoms with Gasteiger partial charge in [0.15, 0.2) is 0 Å². The maximum atomic E-state index is 13.5. The van der Waals surface area contributed by atoms with Crippen molar-refractivity contribution in [3.8, 4) is 0 Å². The van der Waals surface area contributed by atoms with E-state index in [-0.39, 0.29) is 29.4 Å². The van der Waals surface area contributed by atoms with Gasteiger partial charge in [0.25, 0.3) is 10.0 Å². The number of rotatable bonds is 5. The number of aromatic nitrogens is 1. The molecule has 1 saturated heterocycles. The van der Waals surface area contributed by atoms with Gasteiger partial charge in [0, 0.05) is 24.2 Å². The summed E-state index contributed by atoms with van der Waals surface area (Å²) in [6.07, 6.45) is 3.70. The molecule has 3 aromatic rings. The first-order valence-electron chi connectivity index (χ1n) is 10.6. The van der Waals surface area contributed by atoms with Gasteiger partial charge in [0.1, 0.15) is 0 Å². The monoisotopic (exact) mass is 426 g/mol. The number of piperidine rings is 1. The van der Waals surface area contributed by atoms with Crippen molar-refractivity contribution in [2.24, 2.45) is 11.8 Å². The van der Waals surface area contributed by atoms with Crippen LogP contribution in [0.5, 0.6) is 0 Å². The van der Waals surface area contributed by atoms with E-state index in [0.717, 1.165) is 35.9 Å². The summed E-state index contributed by atoms with van der Waals surface area (Å²) in [5, 5.41) is 10.9. The number of hydrogen-bond donors (Lipinski definition) is 1. The lowest BCUT2D eigenvalue weighted by Crippen LogP contribution is -2.42. The molecule has 0 spiro atoms. The summed E-state index contributed by atoms with van der Waals surface area (Å²) in [5.41, 5.74) is 2.74. The molecule has 3 atom stereocenters. The summed E-state index contributed by atoms with van der Waals surface area (Å²) >= 11 is 0. The van der Waals surface area contributed by atoms with Crippen molar-refractivity contribution in [1.29, 1.82) is 0 Å². The van der Waals surface area contributed by atoms with E-state index in [2.05, 4.69) is 18.9 Å². The van der Waals surface area contributed by atoms with E-state index in [9.17, 15) is 13.5 Å². The van der Waals surface area contributed by atoms with Gasteiger partial charge in [0.05, 0.1) is 10.4 Å². The Morgan fingerprint density at radius 3 is 2.47 bits per heavy atom. The van der Waals surface area contributed by atoms with E-state index in [1.807, 2.05) is 49.5 Å². The third kappa shape index (κ3) is 3.47. The quantitative estimate of drug-likeness (QED) is 0.664. The van der Waals surface area contributed by atoms with Gasteiger partial charge in [-0.15, -0.1) is 0 Å². The SMILES string of the molecule is CC[C@H]1[C@H](CO)CCN(C)[C@@H]1c1cn(S(=O)(=O)c2ccc(C)cc2)c2ccccc12. The van der Waals surface area contributed by atoms with Crippen LogP contribution in [0.2, 0.25) is 0 Å². The standard InChI is InChI=1S/C24H30N2O3S/c1-4-20-18(16-27)13-14-25(3)24(20)22-15-26(23-8-6-5-7-21(22)23)30(28,29)19-11-9-17(2)10-12-19/h5-12,15,18,20,24,27H,4,13-14,16H2,1-3H3/t18-,20-,24-/m0/s1. The Hall–Kier alpha value is -2.15. The highest BCUT2D eigenvalue weighted by molar-refractivity contribution is 7.90. The molecular weight excluding hydrogens is 396 g/mol. The van der Waals surface area contributed by atoms with Gasteiger partial charge in [-0.25, -0.2) is 12.4 Å². The molecule has 4 rings (SSSR count). The van der Waals surface area contributed by atoms with Crippen LogP contribution in [0.3, 0.4) is 0 Å². The van der Waals surface area contributed by atoms with E-state index in [1.165, 1.54) is 3.97 Å². The molecule has 1 aromatic heterocycles.